The second-order valence-corrected chi connectivity index (χ2v) is 11.1. The zero-order valence-electron chi connectivity index (χ0n) is 24.8. The first-order chi connectivity index (χ1) is 20.7. The predicted octanol–water partition coefficient (Wildman–Crippen LogP) is 5.44. The van der Waals surface area contributed by atoms with Crippen LogP contribution in [0.3, 0.4) is 0 Å². The highest BCUT2D eigenvalue weighted by Gasteiger charge is 2.50. The Kier molecular flexibility index (Phi) is 8.82. The number of piperidine rings is 1. The summed E-state index contributed by atoms with van der Waals surface area (Å²) in [4.78, 5) is 26.3. The highest BCUT2D eigenvalue weighted by Crippen LogP contribution is 2.50. The average molecular weight is 598 g/mol. The van der Waals surface area contributed by atoms with Crippen molar-refractivity contribution in [3.05, 3.63) is 65.5 Å². The Morgan fingerprint density at radius 1 is 1.16 bits per heavy atom. The van der Waals surface area contributed by atoms with Crippen LogP contribution in [0.2, 0.25) is 0 Å². The van der Waals surface area contributed by atoms with Gasteiger partial charge in [0, 0.05) is 44.2 Å². The van der Waals surface area contributed by atoms with Gasteiger partial charge in [-0.3, -0.25) is 9.78 Å². The molecule has 1 spiro atoms. The molecule has 11 heteroatoms. The van der Waals surface area contributed by atoms with Gasteiger partial charge in [0.05, 0.1) is 42.9 Å². The molecule has 1 fully saturated rings. The third-order valence-electron chi connectivity index (χ3n) is 8.75. The fourth-order valence-electron chi connectivity index (χ4n) is 6.79. The van der Waals surface area contributed by atoms with Crippen LogP contribution < -0.4 is 20.1 Å². The smallest absolute Gasteiger partial charge is 0.421 e. The van der Waals surface area contributed by atoms with Crippen LogP contribution in [-0.2, 0) is 22.9 Å². The summed E-state index contributed by atoms with van der Waals surface area (Å²) >= 11 is 0. The van der Waals surface area contributed by atoms with Gasteiger partial charge in [0.2, 0.25) is 11.8 Å². The number of benzene rings is 1. The molecule has 1 saturated heterocycles. The first-order valence-electron chi connectivity index (χ1n) is 14.7. The number of alkyl halides is 3. The van der Waals surface area contributed by atoms with Gasteiger partial charge in [0.25, 0.3) is 0 Å². The molecular formula is C32H38F3N5O3. The van der Waals surface area contributed by atoms with Crippen LogP contribution in [0.1, 0.15) is 49.9 Å². The van der Waals surface area contributed by atoms with Crippen LogP contribution in [0.15, 0.2) is 48.7 Å². The number of hydrogen-bond donors (Lipinski definition) is 1. The van der Waals surface area contributed by atoms with Gasteiger partial charge >= 0.3 is 6.18 Å². The van der Waals surface area contributed by atoms with Crippen molar-refractivity contribution in [2.45, 2.75) is 51.2 Å². The summed E-state index contributed by atoms with van der Waals surface area (Å²) in [6.45, 7) is 6.21. The lowest BCUT2D eigenvalue weighted by molar-refractivity contribution is -0.138. The Hall–Kier alpha value is -3.86. The van der Waals surface area contributed by atoms with E-state index in [1.54, 1.807) is 12.3 Å². The van der Waals surface area contributed by atoms with Crippen LogP contribution in [0.4, 0.5) is 18.9 Å². The third kappa shape index (κ3) is 5.74. The predicted molar refractivity (Wildman–Crippen MR) is 158 cm³/mol. The van der Waals surface area contributed by atoms with Crippen LogP contribution >= 0.6 is 0 Å². The summed E-state index contributed by atoms with van der Waals surface area (Å²) in [5, 5.41) is 0. The van der Waals surface area contributed by atoms with Crippen molar-refractivity contribution in [3.63, 3.8) is 0 Å². The van der Waals surface area contributed by atoms with Gasteiger partial charge in [-0.15, -0.1) is 0 Å². The number of pyridine rings is 2. The van der Waals surface area contributed by atoms with Crippen LogP contribution in [0, 0.1) is 5.92 Å². The number of fused-ring (bicyclic) bond motifs is 2. The van der Waals surface area contributed by atoms with E-state index in [4.69, 9.17) is 20.2 Å². The van der Waals surface area contributed by atoms with Gasteiger partial charge in [-0.25, -0.2) is 4.98 Å². The Morgan fingerprint density at radius 3 is 2.67 bits per heavy atom. The number of methoxy groups -OCH3 is 1. The minimum absolute atomic E-state index is 0.0502. The highest BCUT2D eigenvalue weighted by atomic mass is 19.4. The third-order valence-corrected chi connectivity index (χ3v) is 8.75. The highest BCUT2D eigenvalue weighted by molar-refractivity contribution is 5.77. The van der Waals surface area contributed by atoms with E-state index in [0.29, 0.717) is 57.2 Å². The molecule has 3 aromatic rings. The van der Waals surface area contributed by atoms with E-state index in [-0.39, 0.29) is 36.2 Å². The Bertz CT molecular complexity index is 1470. The number of carbonyl (C=O) groups excluding carboxylic acids is 1. The number of halogens is 3. The summed E-state index contributed by atoms with van der Waals surface area (Å²) in [5.74, 6) is 0.183. The summed E-state index contributed by atoms with van der Waals surface area (Å²) in [7, 11) is 1.25. The maximum Gasteiger partial charge on any atom is 0.421 e. The van der Waals surface area contributed by atoms with Crippen LogP contribution in [-0.4, -0.2) is 60.7 Å². The molecule has 8 nitrogen and oxygen atoms in total. The Balaban J connectivity index is 1.57. The van der Waals surface area contributed by atoms with Gasteiger partial charge in [-0.05, 0) is 55.2 Å². The second-order valence-electron chi connectivity index (χ2n) is 11.1. The quantitative estimate of drug-likeness (QED) is 0.370. The number of carbonyl (C=O) groups is 1. The molecule has 2 aromatic heterocycles. The molecular weight excluding hydrogens is 559 g/mol. The Morgan fingerprint density at radius 2 is 1.98 bits per heavy atom. The monoisotopic (exact) mass is 597 g/mol. The summed E-state index contributed by atoms with van der Waals surface area (Å²) in [5.41, 5.74) is 7.90. The van der Waals surface area contributed by atoms with E-state index in [9.17, 15) is 18.0 Å². The number of ether oxygens (including phenoxy) is 2. The molecule has 0 saturated carbocycles. The summed E-state index contributed by atoms with van der Waals surface area (Å²) in [6, 6.07) is 12.2. The minimum atomic E-state index is -4.57. The van der Waals surface area contributed by atoms with Crippen molar-refractivity contribution in [1.82, 2.24) is 14.9 Å². The first kappa shape index (κ1) is 30.6. The molecule has 230 valence electrons. The lowest BCUT2D eigenvalue weighted by Crippen LogP contribution is -2.58. The molecule has 2 aliphatic heterocycles. The van der Waals surface area contributed by atoms with Crippen LogP contribution in [0.5, 0.6) is 11.6 Å². The number of nitrogens with zero attached hydrogens (tertiary/aromatic N) is 4. The number of anilines is 1. The SMILES string of the molecule is CCOc1ncccc1-c1ccc2c(n1)CN(C(=O)CCN)CC21CCN(c2cccc(OC)c2C(F)(F)F)CC1CC. The number of rotatable bonds is 8. The van der Waals surface area contributed by atoms with Crippen molar-refractivity contribution in [2.75, 3.05) is 44.8 Å². The fourth-order valence-corrected chi connectivity index (χ4v) is 6.79. The fraction of sp³-hybridized carbons (Fsp3) is 0.469. The maximum absolute atomic E-state index is 14.3. The van der Waals surface area contributed by atoms with Crippen molar-refractivity contribution in [3.8, 4) is 22.9 Å². The van der Waals surface area contributed by atoms with Gasteiger partial charge in [0.15, 0.2) is 0 Å². The second kappa shape index (κ2) is 12.4. The lowest BCUT2D eigenvalue weighted by atomic mass is 9.62. The molecule has 0 aliphatic carbocycles. The molecule has 2 N–H and O–H groups in total. The molecule has 43 heavy (non-hydrogen) atoms. The molecule has 0 radical (unpaired) electrons. The van der Waals surface area contributed by atoms with Crippen molar-refractivity contribution in [1.29, 1.82) is 0 Å². The van der Waals surface area contributed by atoms with Crippen molar-refractivity contribution < 1.29 is 27.4 Å². The number of hydrogen-bond acceptors (Lipinski definition) is 7. The molecule has 1 aromatic carbocycles. The molecule has 0 bridgehead atoms. The molecule has 4 heterocycles. The van der Waals surface area contributed by atoms with Crippen molar-refractivity contribution in [2.24, 2.45) is 11.7 Å². The normalized spacial score (nSPS) is 20.2. The van der Waals surface area contributed by atoms with Gasteiger partial charge < -0.3 is 25.0 Å². The first-order valence-corrected chi connectivity index (χ1v) is 14.7. The van der Waals surface area contributed by atoms with Gasteiger partial charge in [-0.1, -0.05) is 25.5 Å². The lowest BCUT2D eigenvalue weighted by Gasteiger charge is -2.53. The number of aromatic nitrogens is 2. The van der Waals surface area contributed by atoms with E-state index in [2.05, 4.69) is 18.0 Å². The number of nitrogens with two attached hydrogens (primary N) is 1. The molecule has 5 rings (SSSR count). The van der Waals surface area contributed by atoms with Gasteiger partial charge in [0.1, 0.15) is 11.3 Å². The topological polar surface area (TPSA) is 93.8 Å². The zero-order chi connectivity index (χ0) is 30.8. The van der Waals surface area contributed by atoms with Gasteiger partial charge in [-0.2, -0.15) is 13.2 Å². The minimum Gasteiger partial charge on any atom is -0.496 e. The summed E-state index contributed by atoms with van der Waals surface area (Å²) < 4.78 is 53.7. The average Bonchev–Trinajstić information content (AvgIpc) is 3.00. The zero-order valence-corrected chi connectivity index (χ0v) is 24.8. The van der Waals surface area contributed by atoms with E-state index in [1.165, 1.54) is 19.2 Å². The van der Waals surface area contributed by atoms with Crippen LogP contribution in [0.25, 0.3) is 11.3 Å². The van der Waals surface area contributed by atoms with Crippen molar-refractivity contribution >= 4 is 11.6 Å². The molecule has 2 unspecified atom stereocenters. The van der Waals surface area contributed by atoms with E-state index < -0.39 is 17.2 Å². The van der Waals surface area contributed by atoms with E-state index >= 15 is 0 Å². The maximum atomic E-state index is 14.3. The van der Waals surface area contributed by atoms with E-state index in [0.717, 1.165) is 16.8 Å². The molecule has 1 amide bonds. The Labute approximate surface area is 250 Å². The molecule has 2 atom stereocenters. The number of amides is 1. The summed E-state index contributed by atoms with van der Waals surface area (Å²) in [6.07, 6.45) is -1.43. The largest absolute Gasteiger partial charge is 0.496 e. The van der Waals surface area contributed by atoms with E-state index in [1.807, 2.05) is 34.9 Å². The molecule has 2 aliphatic rings. The standard InChI is InChI=1S/C32H38F3N5O3/c1-4-21-18-39(26-9-6-10-27(42-3)29(26)32(33,34)35)17-14-31(21)20-40(28(41)13-15-36)19-25-23(31)11-12-24(38-25)22-8-7-16-37-30(22)43-5-2/h6-12,16,21H,4-5,13-15,17-20,36H2,1-3H3.